The Morgan fingerprint density at radius 2 is 2.07 bits per heavy atom. The number of ether oxygens (including phenoxy) is 1. The van der Waals surface area contributed by atoms with Gasteiger partial charge in [0.2, 0.25) is 0 Å². The number of aliphatic carboxylic acids is 1. The number of carbonyl (C=O) groups is 2. The van der Waals surface area contributed by atoms with E-state index in [9.17, 15) is 18.0 Å². The maximum atomic E-state index is 11.9. The molecule has 3 heterocycles. The highest BCUT2D eigenvalue weighted by atomic mass is 19.4. The number of anilines is 1. The molecule has 0 saturated carbocycles. The van der Waals surface area contributed by atoms with Crippen molar-refractivity contribution in [1.29, 1.82) is 0 Å². The molecule has 0 spiro atoms. The van der Waals surface area contributed by atoms with E-state index in [1.165, 1.54) is 5.56 Å². The lowest BCUT2D eigenvalue weighted by Gasteiger charge is -2.38. The fraction of sp³-hybridized carbons (Fsp3) is 0.471. The van der Waals surface area contributed by atoms with Gasteiger partial charge in [-0.05, 0) is 50.0 Å². The predicted octanol–water partition coefficient (Wildman–Crippen LogP) is 1.11. The second kappa shape index (κ2) is 7.66. The van der Waals surface area contributed by atoms with E-state index in [-0.39, 0.29) is 11.9 Å². The Bertz CT molecular complexity index is 808. The van der Waals surface area contributed by atoms with Gasteiger partial charge in [-0.15, -0.1) is 0 Å². The van der Waals surface area contributed by atoms with Crippen LogP contribution in [0.5, 0.6) is 5.75 Å². The summed E-state index contributed by atoms with van der Waals surface area (Å²) in [5.41, 5.74) is 4.78. The number of carbonyl (C=O) groups excluding carboxylic acids is 1. The normalized spacial score (nSPS) is 21.0. The fourth-order valence-corrected chi connectivity index (χ4v) is 3.03. The van der Waals surface area contributed by atoms with E-state index in [2.05, 4.69) is 28.0 Å². The Morgan fingerprint density at radius 1 is 1.39 bits per heavy atom. The van der Waals surface area contributed by atoms with Crippen molar-refractivity contribution in [3.63, 3.8) is 0 Å². The highest BCUT2D eigenvalue weighted by Gasteiger charge is 2.38. The van der Waals surface area contributed by atoms with E-state index in [0.717, 1.165) is 36.8 Å². The van der Waals surface area contributed by atoms with Crippen LogP contribution in [0.2, 0.25) is 0 Å². The highest BCUT2D eigenvalue weighted by molar-refractivity contribution is 6.09. The van der Waals surface area contributed by atoms with Crippen molar-refractivity contribution in [3.05, 3.63) is 23.8 Å². The van der Waals surface area contributed by atoms with Crippen LogP contribution in [0.15, 0.2) is 23.3 Å². The molecular formula is C17H19F3N4O4. The number of hydrogen-bond acceptors (Lipinski definition) is 6. The quantitative estimate of drug-likeness (QED) is 0.687. The molecule has 1 fully saturated rings. The van der Waals surface area contributed by atoms with E-state index in [1.54, 1.807) is 0 Å². The minimum atomic E-state index is -5.08. The van der Waals surface area contributed by atoms with Gasteiger partial charge in [0.05, 0.1) is 5.69 Å². The molecule has 1 amide bonds. The summed E-state index contributed by atoms with van der Waals surface area (Å²) in [6.45, 7) is 4.46. The number of amides is 1. The first kappa shape index (κ1) is 19.9. The van der Waals surface area contributed by atoms with Crippen molar-refractivity contribution >= 4 is 23.4 Å². The Labute approximate surface area is 158 Å². The average Bonchev–Trinajstić information content (AvgIpc) is 2.60. The van der Waals surface area contributed by atoms with Gasteiger partial charge in [0, 0.05) is 0 Å². The molecular weight excluding hydrogens is 381 g/mol. The molecule has 28 heavy (non-hydrogen) atoms. The van der Waals surface area contributed by atoms with Crippen LogP contribution >= 0.6 is 0 Å². The van der Waals surface area contributed by atoms with Crippen LogP contribution in [0.1, 0.15) is 12.5 Å². The van der Waals surface area contributed by atoms with E-state index >= 15 is 0 Å². The number of nitrogens with one attached hydrogen (secondary N) is 2. The Hall–Kier alpha value is -2.82. The van der Waals surface area contributed by atoms with Crippen LogP contribution in [-0.2, 0) is 16.0 Å². The maximum absolute atomic E-state index is 11.9. The molecule has 0 bridgehead atoms. The summed E-state index contributed by atoms with van der Waals surface area (Å²) < 4.78 is 37.5. The van der Waals surface area contributed by atoms with Crippen molar-refractivity contribution in [1.82, 2.24) is 10.7 Å². The lowest BCUT2D eigenvalue weighted by molar-refractivity contribution is -0.192. The second-order valence-electron chi connectivity index (χ2n) is 6.67. The Morgan fingerprint density at radius 3 is 2.64 bits per heavy atom. The topological polar surface area (TPSA) is 103 Å². The summed E-state index contributed by atoms with van der Waals surface area (Å²) in [4.78, 5) is 22.8. The second-order valence-corrected chi connectivity index (χ2v) is 6.67. The van der Waals surface area contributed by atoms with E-state index in [1.807, 2.05) is 17.9 Å². The summed E-state index contributed by atoms with van der Waals surface area (Å²) in [6, 6.07) is 6.00. The number of hydrazone groups is 1. The van der Waals surface area contributed by atoms with Crippen LogP contribution in [0, 0.1) is 5.92 Å². The van der Waals surface area contributed by atoms with E-state index in [4.69, 9.17) is 14.6 Å². The molecule has 4 rings (SSSR count). The van der Waals surface area contributed by atoms with Gasteiger partial charge in [-0.25, -0.2) is 10.2 Å². The number of benzene rings is 1. The fourth-order valence-electron chi connectivity index (χ4n) is 3.03. The van der Waals surface area contributed by atoms with Crippen molar-refractivity contribution in [3.8, 4) is 5.75 Å². The number of rotatable bonds is 2. The zero-order valence-corrected chi connectivity index (χ0v) is 14.9. The number of carboxylic acid groups (broad SMARTS) is 1. The monoisotopic (exact) mass is 400 g/mol. The van der Waals surface area contributed by atoms with Crippen molar-refractivity contribution in [2.24, 2.45) is 11.0 Å². The third-order valence-electron chi connectivity index (χ3n) is 4.61. The lowest BCUT2D eigenvalue weighted by Crippen LogP contribution is -2.55. The standard InChI is InChI=1S/C15H18N4O2.C2HF3O2/c1-9-15(20)18-17-14-8-21-13-3-2-10(4-11-6-16-7-11)5-12(13)19(9)14;3-2(4,5)1(6)7/h2-3,5,9,11,16H,4,6-8H2,1H3,(H,18,20);(H,6,7). The summed E-state index contributed by atoms with van der Waals surface area (Å²) in [7, 11) is 0. The molecule has 3 aliphatic rings. The van der Waals surface area contributed by atoms with Gasteiger partial charge >= 0.3 is 12.1 Å². The molecule has 11 heteroatoms. The number of hydrogen-bond donors (Lipinski definition) is 3. The smallest absolute Gasteiger partial charge is 0.483 e. The summed E-state index contributed by atoms with van der Waals surface area (Å²) in [5, 5.41) is 14.5. The molecule has 3 aliphatic heterocycles. The van der Waals surface area contributed by atoms with Gasteiger partial charge < -0.3 is 20.1 Å². The first-order valence-electron chi connectivity index (χ1n) is 8.59. The van der Waals surface area contributed by atoms with Gasteiger partial charge in [-0.1, -0.05) is 6.07 Å². The minimum absolute atomic E-state index is 0.0832. The molecule has 1 aromatic carbocycles. The maximum Gasteiger partial charge on any atom is 0.490 e. The predicted molar refractivity (Wildman–Crippen MR) is 93.2 cm³/mol. The molecule has 152 valence electrons. The van der Waals surface area contributed by atoms with Gasteiger partial charge in [0.25, 0.3) is 5.91 Å². The van der Waals surface area contributed by atoms with Crippen LogP contribution < -0.4 is 20.4 Å². The highest BCUT2D eigenvalue weighted by Crippen LogP contribution is 2.36. The third kappa shape index (κ3) is 4.19. The largest absolute Gasteiger partial charge is 0.490 e. The zero-order valence-electron chi connectivity index (χ0n) is 14.9. The lowest BCUT2D eigenvalue weighted by atomic mass is 9.93. The molecule has 1 atom stereocenters. The van der Waals surface area contributed by atoms with Crippen LogP contribution in [0.4, 0.5) is 18.9 Å². The minimum Gasteiger partial charge on any atom is -0.483 e. The number of amidine groups is 1. The van der Waals surface area contributed by atoms with Gasteiger partial charge in [0.1, 0.15) is 18.4 Å². The molecule has 8 nitrogen and oxygen atoms in total. The molecule has 0 aliphatic carbocycles. The SMILES string of the molecule is CC1C(=O)NN=C2COc3ccc(CC4CNC4)cc3N21.O=C(O)C(F)(F)F. The van der Waals surface area contributed by atoms with Crippen LogP contribution in [0.3, 0.4) is 0 Å². The summed E-state index contributed by atoms with van der Waals surface area (Å²) in [6.07, 6.45) is -4.03. The van der Waals surface area contributed by atoms with Crippen molar-refractivity contribution in [2.45, 2.75) is 25.6 Å². The average molecular weight is 400 g/mol. The van der Waals surface area contributed by atoms with Crippen molar-refractivity contribution in [2.75, 3.05) is 24.6 Å². The summed E-state index contributed by atoms with van der Waals surface area (Å²) in [5.74, 6) is -0.543. The number of alkyl halides is 3. The van der Waals surface area contributed by atoms with Crippen LogP contribution in [0.25, 0.3) is 0 Å². The number of carboxylic acids is 1. The van der Waals surface area contributed by atoms with E-state index in [0.29, 0.717) is 12.5 Å². The molecule has 1 saturated heterocycles. The van der Waals surface area contributed by atoms with Crippen LogP contribution in [-0.4, -0.2) is 54.7 Å². The summed E-state index contributed by atoms with van der Waals surface area (Å²) >= 11 is 0. The number of fused-ring (bicyclic) bond motifs is 3. The molecule has 0 aromatic heterocycles. The first-order chi connectivity index (χ1) is 13.2. The van der Waals surface area contributed by atoms with Crippen molar-refractivity contribution < 1.29 is 32.6 Å². The molecule has 1 unspecified atom stereocenters. The number of nitrogens with zero attached hydrogens (tertiary/aromatic N) is 2. The Balaban J connectivity index is 0.000000279. The van der Waals surface area contributed by atoms with E-state index < -0.39 is 12.1 Å². The number of halogens is 3. The molecule has 1 aromatic rings. The van der Waals surface area contributed by atoms with Gasteiger partial charge in [0.15, 0.2) is 5.84 Å². The first-order valence-corrected chi connectivity index (χ1v) is 8.59. The van der Waals surface area contributed by atoms with Gasteiger partial charge in [-0.3, -0.25) is 4.79 Å². The Kier molecular flexibility index (Phi) is 5.45. The van der Waals surface area contributed by atoms with Gasteiger partial charge in [-0.2, -0.15) is 18.3 Å². The zero-order chi connectivity index (χ0) is 20.5. The third-order valence-corrected chi connectivity index (χ3v) is 4.61. The molecule has 3 N–H and O–H groups in total. The molecule has 0 radical (unpaired) electrons.